The average Bonchev–Trinajstić information content (AvgIpc) is 2.67. The molecule has 76 valence electrons. The van der Waals surface area contributed by atoms with Gasteiger partial charge in [-0.3, -0.25) is 0 Å². The van der Waals surface area contributed by atoms with Gasteiger partial charge in [0.15, 0.2) is 0 Å². The Morgan fingerprint density at radius 2 is 2.07 bits per heavy atom. The molecule has 0 spiro atoms. The highest BCUT2D eigenvalue weighted by Crippen LogP contribution is 2.25. The lowest BCUT2D eigenvalue weighted by Gasteiger charge is -2.10. The number of aromatic hydroxyl groups is 1. The largest absolute Gasteiger partial charge is 0.508 e. The Hall–Kier alpha value is -1.06. The second kappa shape index (κ2) is 3.98. The molecule has 1 aromatic rings. The van der Waals surface area contributed by atoms with Crippen LogP contribution < -0.4 is 5.32 Å². The Morgan fingerprint density at radius 3 is 2.64 bits per heavy atom. The molecule has 0 aliphatic carbocycles. The molecule has 1 aliphatic heterocycles. The molecule has 1 fully saturated rings. The van der Waals surface area contributed by atoms with Gasteiger partial charge in [0.1, 0.15) is 5.75 Å². The van der Waals surface area contributed by atoms with Crippen molar-refractivity contribution in [3.8, 4) is 5.75 Å². The molecule has 2 rings (SSSR count). The van der Waals surface area contributed by atoms with Gasteiger partial charge < -0.3 is 15.2 Å². The van der Waals surface area contributed by atoms with Crippen molar-refractivity contribution >= 4 is 0 Å². The lowest BCUT2D eigenvalue weighted by Crippen LogP contribution is -2.16. The molecule has 0 bridgehead atoms. The summed E-state index contributed by atoms with van der Waals surface area (Å²) in [7, 11) is 1.74. The predicted octanol–water partition coefficient (Wildman–Crippen LogP) is 1.44. The number of nitrogens with one attached hydrogen (secondary N) is 1. The van der Waals surface area contributed by atoms with Crippen molar-refractivity contribution < 1.29 is 9.84 Å². The topological polar surface area (TPSA) is 41.5 Å². The van der Waals surface area contributed by atoms with E-state index in [4.69, 9.17) is 9.84 Å². The van der Waals surface area contributed by atoms with Crippen LogP contribution in [0.25, 0.3) is 0 Å². The summed E-state index contributed by atoms with van der Waals surface area (Å²) in [6.45, 7) is 0.905. The summed E-state index contributed by atoms with van der Waals surface area (Å²) in [5.41, 5.74) is 1.21. The minimum Gasteiger partial charge on any atom is -0.508 e. The van der Waals surface area contributed by atoms with Crippen molar-refractivity contribution in [3.05, 3.63) is 29.8 Å². The molecule has 2 N–H and O–H groups in total. The van der Waals surface area contributed by atoms with E-state index in [9.17, 15) is 0 Å². The summed E-state index contributed by atoms with van der Waals surface area (Å²) in [5.74, 6) is 0.315. The molecule has 0 aromatic heterocycles. The summed E-state index contributed by atoms with van der Waals surface area (Å²) in [4.78, 5) is 0. The lowest BCUT2D eigenvalue weighted by molar-refractivity contribution is 0.117. The minimum atomic E-state index is 0.314. The fraction of sp³-hybridized carbons (Fsp3) is 0.455. The van der Waals surface area contributed by atoms with Crippen LogP contribution in [0.15, 0.2) is 24.3 Å². The fourth-order valence-electron chi connectivity index (χ4n) is 1.84. The van der Waals surface area contributed by atoms with Gasteiger partial charge in [0, 0.05) is 19.7 Å². The number of phenols is 1. The van der Waals surface area contributed by atoms with Gasteiger partial charge in [-0.2, -0.15) is 0 Å². The van der Waals surface area contributed by atoms with Crippen LogP contribution >= 0.6 is 0 Å². The molecule has 0 saturated carbocycles. The van der Waals surface area contributed by atoms with Crippen molar-refractivity contribution in [1.82, 2.24) is 5.32 Å². The van der Waals surface area contributed by atoms with Crippen LogP contribution in [0.1, 0.15) is 18.0 Å². The molecule has 3 heteroatoms. The summed E-state index contributed by atoms with van der Waals surface area (Å²) in [6, 6.07) is 7.70. The number of ether oxygens (including phenoxy) is 1. The molecule has 1 saturated heterocycles. The molecule has 2 unspecified atom stereocenters. The first-order chi connectivity index (χ1) is 6.79. The van der Waals surface area contributed by atoms with Crippen molar-refractivity contribution in [2.24, 2.45) is 0 Å². The number of hydrogen-bond acceptors (Lipinski definition) is 3. The zero-order valence-electron chi connectivity index (χ0n) is 8.23. The minimum absolute atomic E-state index is 0.314. The molecule has 1 aromatic carbocycles. The van der Waals surface area contributed by atoms with Gasteiger partial charge in [-0.25, -0.2) is 0 Å². The molecule has 3 nitrogen and oxygen atoms in total. The molecule has 0 radical (unpaired) electrons. The van der Waals surface area contributed by atoms with Gasteiger partial charge in [0.05, 0.1) is 6.10 Å². The van der Waals surface area contributed by atoms with E-state index in [2.05, 4.69) is 5.32 Å². The zero-order chi connectivity index (χ0) is 9.97. The fourth-order valence-corrected chi connectivity index (χ4v) is 1.84. The third-order valence-corrected chi connectivity index (χ3v) is 2.72. The Labute approximate surface area is 83.7 Å². The van der Waals surface area contributed by atoms with E-state index in [0.717, 1.165) is 13.0 Å². The number of phenolic OH excluding ortho intramolecular Hbond substituents is 1. The molecule has 0 amide bonds. The molecular formula is C11H15NO2. The monoisotopic (exact) mass is 193 g/mol. The third kappa shape index (κ3) is 1.89. The molecular weight excluding hydrogens is 178 g/mol. The number of hydrogen-bond donors (Lipinski definition) is 2. The SMILES string of the molecule is COC1CNC(c2ccc(O)cc2)C1. The smallest absolute Gasteiger partial charge is 0.115 e. The zero-order valence-corrected chi connectivity index (χ0v) is 8.23. The molecule has 1 heterocycles. The van der Waals surface area contributed by atoms with Gasteiger partial charge in [-0.15, -0.1) is 0 Å². The van der Waals surface area contributed by atoms with Crippen LogP contribution in [0.4, 0.5) is 0 Å². The van der Waals surface area contributed by atoms with Gasteiger partial charge in [0.2, 0.25) is 0 Å². The van der Waals surface area contributed by atoms with Crippen molar-refractivity contribution in [2.45, 2.75) is 18.6 Å². The second-order valence-corrected chi connectivity index (χ2v) is 3.65. The molecule has 1 aliphatic rings. The van der Waals surface area contributed by atoms with Crippen LogP contribution in [0, 0.1) is 0 Å². The maximum Gasteiger partial charge on any atom is 0.115 e. The number of rotatable bonds is 2. The maximum atomic E-state index is 9.15. The standard InChI is InChI=1S/C11H15NO2/c1-14-10-6-11(12-7-10)8-2-4-9(13)5-3-8/h2-5,10-13H,6-7H2,1H3. The van der Waals surface area contributed by atoms with E-state index in [1.165, 1.54) is 5.56 Å². The van der Waals surface area contributed by atoms with E-state index >= 15 is 0 Å². The van der Waals surface area contributed by atoms with Crippen LogP contribution in [0.5, 0.6) is 5.75 Å². The summed E-state index contributed by atoms with van der Waals surface area (Å²) < 4.78 is 5.27. The molecule has 14 heavy (non-hydrogen) atoms. The highest BCUT2D eigenvalue weighted by Gasteiger charge is 2.24. The third-order valence-electron chi connectivity index (χ3n) is 2.72. The summed E-state index contributed by atoms with van der Waals surface area (Å²) in [6.07, 6.45) is 1.31. The lowest BCUT2D eigenvalue weighted by atomic mass is 10.0. The predicted molar refractivity (Wildman–Crippen MR) is 54.3 cm³/mol. The first-order valence-corrected chi connectivity index (χ1v) is 4.84. The van der Waals surface area contributed by atoms with E-state index in [1.54, 1.807) is 19.2 Å². The Bertz CT molecular complexity index is 297. The van der Waals surface area contributed by atoms with Gasteiger partial charge in [-0.1, -0.05) is 12.1 Å². The summed E-state index contributed by atoms with van der Waals surface area (Å²) in [5, 5.41) is 12.5. The highest BCUT2D eigenvalue weighted by atomic mass is 16.5. The van der Waals surface area contributed by atoms with Crippen molar-refractivity contribution in [1.29, 1.82) is 0 Å². The summed E-state index contributed by atoms with van der Waals surface area (Å²) >= 11 is 0. The van der Waals surface area contributed by atoms with E-state index < -0.39 is 0 Å². The molecule has 2 atom stereocenters. The van der Waals surface area contributed by atoms with E-state index in [1.807, 2.05) is 12.1 Å². The Balaban J connectivity index is 2.06. The highest BCUT2D eigenvalue weighted by molar-refractivity contribution is 5.28. The van der Waals surface area contributed by atoms with Crippen LogP contribution in [-0.2, 0) is 4.74 Å². The van der Waals surface area contributed by atoms with Gasteiger partial charge >= 0.3 is 0 Å². The first-order valence-electron chi connectivity index (χ1n) is 4.84. The van der Waals surface area contributed by atoms with E-state index in [0.29, 0.717) is 17.9 Å². The maximum absolute atomic E-state index is 9.15. The van der Waals surface area contributed by atoms with Crippen molar-refractivity contribution in [2.75, 3.05) is 13.7 Å². The Morgan fingerprint density at radius 1 is 1.36 bits per heavy atom. The average molecular weight is 193 g/mol. The van der Waals surface area contributed by atoms with Crippen LogP contribution in [-0.4, -0.2) is 24.9 Å². The van der Waals surface area contributed by atoms with Gasteiger partial charge in [-0.05, 0) is 24.1 Å². The Kier molecular flexibility index (Phi) is 2.70. The quantitative estimate of drug-likeness (QED) is 0.746. The number of benzene rings is 1. The number of methoxy groups -OCH3 is 1. The van der Waals surface area contributed by atoms with Crippen LogP contribution in [0.3, 0.4) is 0 Å². The van der Waals surface area contributed by atoms with Crippen molar-refractivity contribution in [3.63, 3.8) is 0 Å². The van der Waals surface area contributed by atoms with Gasteiger partial charge in [0.25, 0.3) is 0 Å². The normalized spacial score (nSPS) is 26.6. The second-order valence-electron chi connectivity index (χ2n) is 3.65. The van der Waals surface area contributed by atoms with Crippen LogP contribution in [0.2, 0.25) is 0 Å². The van der Waals surface area contributed by atoms with E-state index in [-0.39, 0.29) is 0 Å². The first kappa shape index (κ1) is 9.49.